The van der Waals surface area contributed by atoms with E-state index < -0.39 is 9.28 Å². The number of rotatable bonds is 6. The van der Waals surface area contributed by atoms with Crippen molar-refractivity contribution in [2.45, 2.75) is 52.0 Å². The fraction of sp³-hybridized carbons (Fsp3) is 1.00. The zero-order valence-electron chi connectivity index (χ0n) is 9.63. The van der Waals surface area contributed by atoms with Crippen LogP contribution in [0.15, 0.2) is 0 Å². The smallest absolute Gasteiger partial charge is 0.321 e. The predicted molar refractivity (Wildman–Crippen MR) is 61.8 cm³/mol. The molecule has 0 amide bonds. The fourth-order valence-corrected chi connectivity index (χ4v) is 4.38. The van der Waals surface area contributed by atoms with Crippen LogP contribution in [-0.4, -0.2) is 22.5 Å². The van der Waals surface area contributed by atoms with Crippen LogP contribution in [0.2, 0.25) is 6.04 Å². The second-order valence-corrected chi connectivity index (χ2v) is 6.08. The van der Waals surface area contributed by atoms with Gasteiger partial charge in [0, 0.05) is 13.2 Å². The summed E-state index contributed by atoms with van der Waals surface area (Å²) in [5, 5.41) is 0. The van der Waals surface area contributed by atoms with Crippen LogP contribution < -0.4 is 0 Å². The van der Waals surface area contributed by atoms with Crippen LogP contribution in [0.3, 0.4) is 0 Å². The summed E-state index contributed by atoms with van der Waals surface area (Å²) in [5.74, 6) is 0.901. The monoisotopic (exact) mass is 216 g/mol. The van der Waals surface area contributed by atoms with Crippen molar-refractivity contribution in [1.29, 1.82) is 0 Å². The second kappa shape index (κ2) is 7.43. The van der Waals surface area contributed by atoms with Gasteiger partial charge < -0.3 is 8.85 Å². The highest BCUT2D eigenvalue weighted by atomic mass is 28.3. The Balaban J connectivity index is 2.21. The molecule has 0 atom stereocenters. The van der Waals surface area contributed by atoms with Gasteiger partial charge in [0.2, 0.25) is 0 Å². The van der Waals surface area contributed by atoms with E-state index in [2.05, 4.69) is 13.8 Å². The summed E-state index contributed by atoms with van der Waals surface area (Å²) in [4.78, 5) is 0. The van der Waals surface area contributed by atoms with Gasteiger partial charge in [-0.3, -0.25) is 0 Å². The molecule has 1 fully saturated rings. The van der Waals surface area contributed by atoms with E-state index in [9.17, 15) is 0 Å². The molecule has 0 aromatic rings. The number of hydrogen-bond acceptors (Lipinski definition) is 2. The lowest BCUT2D eigenvalue weighted by atomic mass is 9.91. The molecule has 0 N–H and O–H groups in total. The van der Waals surface area contributed by atoms with Crippen LogP contribution in [0.5, 0.6) is 0 Å². The second-order valence-electron chi connectivity index (χ2n) is 4.08. The summed E-state index contributed by atoms with van der Waals surface area (Å²) in [5.41, 5.74) is 0. The molecule has 0 aromatic heterocycles. The maximum absolute atomic E-state index is 5.70. The summed E-state index contributed by atoms with van der Waals surface area (Å²) in [6, 6.07) is 1.24. The first-order valence-electron chi connectivity index (χ1n) is 6.10. The van der Waals surface area contributed by atoms with Crippen LogP contribution in [-0.2, 0) is 8.85 Å². The van der Waals surface area contributed by atoms with E-state index in [4.69, 9.17) is 8.85 Å². The molecule has 0 saturated heterocycles. The maximum atomic E-state index is 5.70. The minimum absolute atomic E-state index is 0.823. The summed E-state index contributed by atoms with van der Waals surface area (Å²) >= 11 is 0. The van der Waals surface area contributed by atoms with Crippen molar-refractivity contribution >= 4 is 9.28 Å². The van der Waals surface area contributed by atoms with Crippen molar-refractivity contribution in [3.63, 3.8) is 0 Å². The molecular formula is C11H24O2Si. The average molecular weight is 216 g/mol. The van der Waals surface area contributed by atoms with Gasteiger partial charge >= 0.3 is 9.28 Å². The van der Waals surface area contributed by atoms with Crippen molar-refractivity contribution in [1.82, 2.24) is 0 Å². The SMILES string of the molecule is CCO[SiH](CC1CCCCC1)OCC. The number of hydrogen-bond donors (Lipinski definition) is 0. The standard InChI is InChI=1S/C11H24O2Si/c1-3-12-14(13-4-2)10-11-8-6-5-7-9-11/h11,14H,3-10H2,1-2H3. The first-order valence-corrected chi connectivity index (χ1v) is 7.86. The first kappa shape index (κ1) is 12.2. The third-order valence-corrected chi connectivity index (χ3v) is 5.42. The highest BCUT2D eigenvalue weighted by Crippen LogP contribution is 2.28. The molecule has 14 heavy (non-hydrogen) atoms. The topological polar surface area (TPSA) is 18.5 Å². The molecular weight excluding hydrogens is 192 g/mol. The zero-order chi connectivity index (χ0) is 10.2. The summed E-state index contributed by atoms with van der Waals surface area (Å²) in [7, 11) is -1.31. The van der Waals surface area contributed by atoms with E-state index in [-0.39, 0.29) is 0 Å². The predicted octanol–water partition coefficient (Wildman–Crippen LogP) is 2.86. The van der Waals surface area contributed by atoms with E-state index in [0.29, 0.717) is 0 Å². The van der Waals surface area contributed by atoms with E-state index in [1.807, 2.05) is 0 Å². The van der Waals surface area contributed by atoms with Gasteiger partial charge in [0.15, 0.2) is 0 Å². The van der Waals surface area contributed by atoms with Gasteiger partial charge in [-0.25, -0.2) is 0 Å². The first-order chi connectivity index (χ1) is 6.86. The zero-order valence-corrected chi connectivity index (χ0v) is 10.8. The molecule has 0 bridgehead atoms. The molecule has 1 saturated carbocycles. The summed E-state index contributed by atoms with van der Waals surface area (Å²) in [6.45, 7) is 5.78. The quantitative estimate of drug-likeness (QED) is 0.636. The van der Waals surface area contributed by atoms with Gasteiger partial charge in [-0.15, -0.1) is 0 Å². The Morgan fingerprint density at radius 3 is 2.07 bits per heavy atom. The minimum atomic E-state index is -1.31. The molecule has 1 aliphatic carbocycles. The third-order valence-electron chi connectivity index (χ3n) is 2.96. The largest absolute Gasteiger partial charge is 0.397 e. The van der Waals surface area contributed by atoms with Gasteiger partial charge in [-0.1, -0.05) is 32.1 Å². The Bertz CT molecular complexity index is 129. The normalized spacial score (nSPS) is 19.1. The van der Waals surface area contributed by atoms with Crippen molar-refractivity contribution in [2.75, 3.05) is 13.2 Å². The molecule has 84 valence electrons. The van der Waals surface area contributed by atoms with Crippen LogP contribution in [0.1, 0.15) is 46.0 Å². The van der Waals surface area contributed by atoms with E-state index in [1.54, 1.807) is 0 Å². The molecule has 2 nitrogen and oxygen atoms in total. The van der Waals surface area contributed by atoms with Crippen LogP contribution in [0, 0.1) is 5.92 Å². The lowest BCUT2D eigenvalue weighted by molar-refractivity contribution is 0.203. The lowest BCUT2D eigenvalue weighted by Gasteiger charge is -2.24. The van der Waals surface area contributed by atoms with Crippen molar-refractivity contribution in [3.8, 4) is 0 Å². The molecule has 3 heteroatoms. The van der Waals surface area contributed by atoms with Gasteiger partial charge in [0.25, 0.3) is 0 Å². The molecule has 0 aliphatic heterocycles. The highest BCUT2D eigenvalue weighted by molar-refractivity contribution is 6.44. The minimum Gasteiger partial charge on any atom is -0.397 e. The van der Waals surface area contributed by atoms with Crippen molar-refractivity contribution in [2.24, 2.45) is 5.92 Å². The van der Waals surface area contributed by atoms with E-state index in [1.165, 1.54) is 38.1 Å². The molecule has 1 aliphatic rings. The van der Waals surface area contributed by atoms with Gasteiger partial charge in [-0.2, -0.15) is 0 Å². The molecule has 0 heterocycles. The molecule has 0 radical (unpaired) electrons. The Morgan fingerprint density at radius 1 is 1.00 bits per heavy atom. The van der Waals surface area contributed by atoms with Crippen LogP contribution in [0.25, 0.3) is 0 Å². The van der Waals surface area contributed by atoms with Crippen LogP contribution in [0.4, 0.5) is 0 Å². The van der Waals surface area contributed by atoms with Gasteiger partial charge in [-0.05, 0) is 25.8 Å². The third kappa shape index (κ3) is 4.58. The Morgan fingerprint density at radius 2 is 1.57 bits per heavy atom. The lowest BCUT2D eigenvalue weighted by Crippen LogP contribution is -2.26. The molecule has 0 unspecified atom stereocenters. The molecule has 0 aromatic carbocycles. The Hall–Kier alpha value is 0.137. The molecule has 1 rings (SSSR count). The van der Waals surface area contributed by atoms with Gasteiger partial charge in [0.05, 0.1) is 0 Å². The van der Waals surface area contributed by atoms with Crippen LogP contribution >= 0.6 is 0 Å². The average Bonchev–Trinajstić information content (AvgIpc) is 2.20. The van der Waals surface area contributed by atoms with Gasteiger partial charge in [0.1, 0.15) is 0 Å². The summed E-state index contributed by atoms with van der Waals surface area (Å²) < 4.78 is 11.4. The van der Waals surface area contributed by atoms with Crippen molar-refractivity contribution < 1.29 is 8.85 Å². The molecule has 0 spiro atoms. The maximum Gasteiger partial charge on any atom is 0.321 e. The Labute approximate surface area is 89.8 Å². The van der Waals surface area contributed by atoms with E-state index in [0.717, 1.165) is 19.1 Å². The summed E-state index contributed by atoms with van der Waals surface area (Å²) in [6.07, 6.45) is 7.09. The van der Waals surface area contributed by atoms with Crippen molar-refractivity contribution in [3.05, 3.63) is 0 Å². The highest BCUT2D eigenvalue weighted by Gasteiger charge is 2.21. The fourth-order valence-electron chi connectivity index (χ4n) is 2.25. The Kier molecular flexibility index (Phi) is 6.48. The van der Waals surface area contributed by atoms with E-state index >= 15 is 0 Å².